The molecule has 0 aliphatic carbocycles. The van der Waals surface area contributed by atoms with Gasteiger partial charge in [0.2, 0.25) is 5.79 Å². The Balaban J connectivity index is 1.44. The maximum absolute atomic E-state index is 12.8. The van der Waals surface area contributed by atoms with Crippen molar-refractivity contribution < 1.29 is 33.3 Å². The van der Waals surface area contributed by atoms with E-state index in [9.17, 15) is 14.7 Å². The summed E-state index contributed by atoms with van der Waals surface area (Å²) in [7, 11) is -2.90. The van der Waals surface area contributed by atoms with Crippen molar-refractivity contribution in [2.75, 3.05) is 13.2 Å². The van der Waals surface area contributed by atoms with E-state index in [0.29, 0.717) is 11.4 Å². The second kappa shape index (κ2) is 11.3. The van der Waals surface area contributed by atoms with Crippen LogP contribution in [0.2, 0.25) is 10.1 Å². The van der Waals surface area contributed by atoms with Gasteiger partial charge in [-0.25, -0.2) is 9.59 Å². The Kier molecular flexibility index (Phi) is 8.04. The van der Waals surface area contributed by atoms with Gasteiger partial charge in [-0.15, -0.1) is 0 Å². The molecule has 3 aromatic rings. The number of amides is 1. The first-order valence-electron chi connectivity index (χ1n) is 14.0. The number of ether oxygens (including phenoxy) is 3. The highest BCUT2D eigenvalue weighted by atomic mass is 35.5. The molecular weight excluding hydrogens is 574 g/mol. The quantitative estimate of drug-likeness (QED) is 0.271. The Labute approximate surface area is 252 Å². The molecule has 10 heteroatoms. The predicted molar refractivity (Wildman–Crippen MR) is 163 cm³/mol. The van der Waals surface area contributed by atoms with E-state index in [0.717, 1.165) is 10.4 Å². The largest absolute Gasteiger partial charge is 0.490 e. The number of nitrogens with zero attached hydrogens (tertiary/aromatic N) is 1. The number of rotatable bonds is 7. The number of hydrogen-bond donors (Lipinski definition) is 1. The van der Waals surface area contributed by atoms with E-state index in [1.54, 1.807) is 19.9 Å². The van der Waals surface area contributed by atoms with Crippen molar-refractivity contribution >= 4 is 42.4 Å². The van der Waals surface area contributed by atoms with Gasteiger partial charge < -0.3 is 23.7 Å². The molecule has 0 aromatic heterocycles. The van der Waals surface area contributed by atoms with E-state index in [1.807, 2.05) is 36.4 Å². The molecule has 2 aliphatic rings. The van der Waals surface area contributed by atoms with Crippen molar-refractivity contribution in [1.82, 2.24) is 4.90 Å². The summed E-state index contributed by atoms with van der Waals surface area (Å²) < 4.78 is 24.5. The molecule has 0 spiro atoms. The van der Waals surface area contributed by atoms with Gasteiger partial charge in [0.1, 0.15) is 23.7 Å². The van der Waals surface area contributed by atoms with Gasteiger partial charge in [0.25, 0.3) is 8.32 Å². The maximum atomic E-state index is 12.8. The Morgan fingerprint density at radius 3 is 2.19 bits per heavy atom. The first-order valence-corrected chi connectivity index (χ1v) is 16.3. The fourth-order valence-corrected chi connectivity index (χ4v) is 10.9. The fourth-order valence-electron chi connectivity index (χ4n) is 5.99. The number of hydrogen-bond acceptors (Lipinski definition) is 6. The highest BCUT2D eigenvalue weighted by Gasteiger charge is 2.53. The Morgan fingerprint density at radius 1 is 1.05 bits per heavy atom. The number of fused-ring (bicyclic) bond motifs is 1. The summed E-state index contributed by atoms with van der Waals surface area (Å²) in [6, 6.07) is 23.0. The minimum atomic E-state index is -2.90. The van der Waals surface area contributed by atoms with E-state index in [2.05, 4.69) is 45.0 Å². The van der Waals surface area contributed by atoms with Crippen LogP contribution in [0.5, 0.6) is 11.5 Å². The zero-order valence-corrected chi connectivity index (χ0v) is 26.2. The predicted octanol–water partition coefficient (Wildman–Crippen LogP) is 5.70. The lowest BCUT2D eigenvalue weighted by molar-refractivity contribution is -0.127. The summed E-state index contributed by atoms with van der Waals surface area (Å²) in [5.41, 5.74) is 0.124. The van der Waals surface area contributed by atoms with Crippen molar-refractivity contribution in [2.45, 2.75) is 64.0 Å². The number of esters is 1. The van der Waals surface area contributed by atoms with Gasteiger partial charge in [0.05, 0.1) is 12.1 Å². The van der Waals surface area contributed by atoms with Crippen LogP contribution in [0, 0.1) is 0 Å². The minimum absolute atomic E-state index is 0.00361. The smallest absolute Gasteiger partial charge is 0.407 e. The molecule has 42 heavy (non-hydrogen) atoms. The summed E-state index contributed by atoms with van der Waals surface area (Å²) in [4.78, 5) is 26.6. The van der Waals surface area contributed by atoms with Crippen LogP contribution < -0.4 is 19.8 Å². The van der Waals surface area contributed by atoms with Crippen LogP contribution >= 0.6 is 11.6 Å². The highest BCUT2D eigenvalue weighted by molar-refractivity contribution is 6.99. The van der Waals surface area contributed by atoms with Crippen molar-refractivity contribution in [2.24, 2.45) is 0 Å². The standard InChI is InChI=1S/C32H36ClNO7Si/c1-31(2,3)42(24-12-8-6-9-13-24,25-14-10-7-11-15-25)41-23-18-22(34(19-23)30(36)37)20-38-26-16-21(33)17-27-28(26)29(35)40-32(4,5)39-27/h6-17,22-23H,18-20H2,1-5H3,(H,36,37)/t22-,23-/m1/s1. The molecule has 0 radical (unpaired) electrons. The van der Waals surface area contributed by atoms with Crippen LogP contribution in [-0.2, 0) is 9.16 Å². The normalized spacial score (nSPS) is 20.0. The van der Waals surface area contributed by atoms with E-state index >= 15 is 0 Å². The number of carboxylic acid groups (broad SMARTS) is 1. The second-order valence-electron chi connectivity index (χ2n) is 12.2. The lowest BCUT2D eigenvalue weighted by atomic mass is 10.1. The topological polar surface area (TPSA) is 94.5 Å². The van der Waals surface area contributed by atoms with Crippen LogP contribution in [0.4, 0.5) is 4.79 Å². The third-order valence-corrected chi connectivity index (χ3v) is 13.1. The third-order valence-electron chi connectivity index (χ3n) is 7.74. The summed E-state index contributed by atoms with van der Waals surface area (Å²) in [6.45, 7) is 10.0. The molecule has 5 rings (SSSR count). The zero-order valence-electron chi connectivity index (χ0n) is 24.4. The van der Waals surface area contributed by atoms with Gasteiger partial charge in [0, 0.05) is 31.5 Å². The van der Waals surface area contributed by atoms with Crippen molar-refractivity contribution in [3.8, 4) is 11.5 Å². The Hall–Kier alpha value is -3.53. The van der Waals surface area contributed by atoms with Gasteiger partial charge in [0.15, 0.2) is 0 Å². The molecule has 2 aliphatic heterocycles. The van der Waals surface area contributed by atoms with E-state index in [-0.39, 0.29) is 41.4 Å². The monoisotopic (exact) mass is 609 g/mol. The molecule has 2 heterocycles. The van der Waals surface area contributed by atoms with Crippen LogP contribution in [0.3, 0.4) is 0 Å². The SMILES string of the molecule is CC1(C)OC(=O)c2c(OC[C@H]3C[C@@H](O[Si](c4ccccc4)(c4ccccc4)C(C)(C)C)CN3C(=O)O)cc(Cl)cc2O1. The summed E-state index contributed by atoms with van der Waals surface area (Å²) in [5, 5.41) is 12.4. The number of halogens is 1. The number of cyclic esters (lactones) is 1. The second-order valence-corrected chi connectivity index (χ2v) is 16.9. The lowest BCUT2D eigenvalue weighted by Crippen LogP contribution is -2.67. The van der Waals surface area contributed by atoms with Crippen LogP contribution in [0.1, 0.15) is 51.4 Å². The molecule has 0 unspecified atom stereocenters. The molecule has 1 amide bonds. The molecule has 2 atom stereocenters. The molecule has 222 valence electrons. The molecule has 0 saturated carbocycles. The molecule has 8 nitrogen and oxygen atoms in total. The van der Waals surface area contributed by atoms with Crippen LogP contribution in [0.15, 0.2) is 72.8 Å². The van der Waals surface area contributed by atoms with Gasteiger partial charge in [-0.1, -0.05) is 93.0 Å². The zero-order chi connectivity index (χ0) is 30.3. The van der Waals surface area contributed by atoms with Gasteiger partial charge in [-0.2, -0.15) is 0 Å². The lowest BCUT2D eigenvalue weighted by Gasteiger charge is -2.44. The molecule has 3 aromatic carbocycles. The van der Waals surface area contributed by atoms with E-state index in [1.165, 1.54) is 11.0 Å². The fraction of sp³-hybridized carbons (Fsp3) is 0.375. The van der Waals surface area contributed by atoms with Crippen molar-refractivity contribution in [1.29, 1.82) is 0 Å². The summed E-state index contributed by atoms with van der Waals surface area (Å²) >= 11 is 6.32. The van der Waals surface area contributed by atoms with E-state index in [4.69, 9.17) is 30.2 Å². The first-order chi connectivity index (χ1) is 19.8. The van der Waals surface area contributed by atoms with Gasteiger partial charge in [-0.3, -0.25) is 4.90 Å². The number of carbonyl (C=O) groups excluding carboxylic acids is 1. The number of carbonyl (C=O) groups is 2. The highest BCUT2D eigenvalue weighted by Crippen LogP contribution is 2.41. The van der Waals surface area contributed by atoms with E-state index < -0.39 is 32.2 Å². The summed E-state index contributed by atoms with van der Waals surface area (Å²) in [6.07, 6.45) is -1.01. The third kappa shape index (κ3) is 5.73. The van der Waals surface area contributed by atoms with Crippen LogP contribution in [0.25, 0.3) is 0 Å². The average molecular weight is 610 g/mol. The van der Waals surface area contributed by atoms with Crippen LogP contribution in [-0.4, -0.2) is 61.5 Å². The minimum Gasteiger partial charge on any atom is -0.490 e. The molecule has 0 bridgehead atoms. The Morgan fingerprint density at radius 2 is 1.64 bits per heavy atom. The number of benzene rings is 3. The van der Waals surface area contributed by atoms with Gasteiger partial charge in [-0.05, 0) is 27.9 Å². The molecular formula is C32H36ClNO7Si. The van der Waals surface area contributed by atoms with Crippen molar-refractivity contribution in [3.63, 3.8) is 0 Å². The molecule has 1 fully saturated rings. The maximum Gasteiger partial charge on any atom is 0.407 e. The van der Waals surface area contributed by atoms with Crippen molar-refractivity contribution in [3.05, 3.63) is 83.4 Å². The molecule has 1 saturated heterocycles. The number of likely N-dealkylation sites (tertiary alicyclic amines) is 1. The van der Waals surface area contributed by atoms with Gasteiger partial charge >= 0.3 is 12.1 Å². The summed E-state index contributed by atoms with van der Waals surface area (Å²) in [5.74, 6) is -1.31. The first kappa shape index (κ1) is 29.9. The average Bonchev–Trinajstić information content (AvgIpc) is 3.32. The Bertz CT molecular complexity index is 1420. The molecule has 1 N–H and O–H groups in total.